The van der Waals surface area contributed by atoms with Crippen LogP contribution < -0.4 is 0 Å². The van der Waals surface area contributed by atoms with Crippen LogP contribution >= 0.6 is 0 Å². The zero-order valence-corrected chi connectivity index (χ0v) is 3.94. The van der Waals surface area contributed by atoms with E-state index in [0.717, 1.165) is 5.47 Å². The Labute approximate surface area is 40.0 Å². The van der Waals surface area contributed by atoms with Gasteiger partial charge in [-0.15, -0.1) is 5.47 Å². The Hall–Kier alpha value is -0.455. The summed E-state index contributed by atoms with van der Waals surface area (Å²) in [5, 5.41) is 0. The van der Waals surface area contributed by atoms with Gasteiger partial charge < -0.3 is 0 Å². The molecule has 0 aromatic rings. The molecule has 0 aliphatic carbocycles. The molecule has 1 heteroatoms. The molecule has 0 amide bonds. The van der Waals surface area contributed by atoms with Crippen molar-refractivity contribution in [3.8, 4) is 0 Å². The first-order valence-electron chi connectivity index (χ1n) is 1.82. The highest BCUT2D eigenvalue weighted by atomic mass is 13.6. The summed E-state index contributed by atoms with van der Waals surface area (Å²) in [5.41, 5.74) is 0.796. The van der Waals surface area contributed by atoms with Crippen LogP contribution in [0.1, 0.15) is 6.92 Å². The van der Waals surface area contributed by atoms with E-state index in [9.17, 15) is 0 Å². The Bertz CT molecular complexity index is 68.0. The van der Waals surface area contributed by atoms with E-state index >= 15 is 0 Å². The molecule has 0 fully saturated rings. The predicted octanol–water partition coefficient (Wildman–Crippen LogP) is 1.24. The van der Waals surface area contributed by atoms with Crippen molar-refractivity contribution in [1.82, 2.24) is 0 Å². The van der Waals surface area contributed by atoms with E-state index in [1.54, 1.807) is 12.2 Å². The average Bonchev–Trinajstić information content (AvgIpc) is 1.35. The van der Waals surface area contributed by atoms with Crippen molar-refractivity contribution in [3.63, 3.8) is 0 Å². The molecule has 0 saturated carbocycles. The lowest BCUT2D eigenvalue weighted by atomic mass is 9.98. The van der Waals surface area contributed by atoms with E-state index in [1.807, 2.05) is 6.92 Å². The predicted molar refractivity (Wildman–Crippen MR) is 29.7 cm³/mol. The van der Waals surface area contributed by atoms with Crippen molar-refractivity contribution in [2.75, 3.05) is 0 Å². The molecule has 0 aliphatic rings. The van der Waals surface area contributed by atoms with Crippen LogP contribution in [-0.2, 0) is 0 Å². The highest BCUT2D eigenvalue weighted by Gasteiger charge is 1.63. The van der Waals surface area contributed by atoms with Crippen LogP contribution in [0.25, 0.3) is 0 Å². The van der Waals surface area contributed by atoms with Gasteiger partial charge >= 0.3 is 0 Å². The molecular formula is C5H7B. The zero-order valence-electron chi connectivity index (χ0n) is 3.94. The SMILES string of the molecule is [B]/C(C)=C/C=C. The normalized spacial score (nSPS) is 11.2. The van der Waals surface area contributed by atoms with E-state index < -0.39 is 0 Å². The molecule has 30 valence electrons. The van der Waals surface area contributed by atoms with Gasteiger partial charge in [0.25, 0.3) is 0 Å². The summed E-state index contributed by atoms with van der Waals surface area (Å²) >= 11 is 0. The molecule has 6 heavy (non-hydrogen) atoms. The minimum Gasteiger partial charge on any atom is -0.121 e. The van der Waals surface area contributed by atoms with Gasteiger partial charge in [-0.1, -0.05) is 25.7 Å². The molecule has 0 atom stereocenters. The number of hydrogen-bond donors (Lipinski definition) is 0. The van der Waals surface area contributed by atoms with Gasteiger partial charge in [0.2, 0.25) is 0 Å². The van der Waals surface area contributed by atoms with Crippen LogP contribution in [0.4, 0.5) is 0 Å². The second kappa shape index (κ2) is 2.76. The molecular weight excluding hydrogens is 70.9 g/mol. The fraction of sp³-hybridized carbons (Fsp3) is 0.200. The van der Waals surface area contributed by atoms with Gasteiger partial charge in [0.1, 0.15) is 7.85 Å². The molecule has 0 bridgehead atoms. The summed E-state index contributed by atoms with van der Waals surface area (Å²) < 4.78 is 0. The van der Waals surface area contributed by atoms with Gasteiger partial charge in [-0.2, -0.15) is 0 Å². The topological polar surface area (TPSA) is 0 Å². The minimum absolute atomic E-state index is 0.796. The van der Waals surface area contributed by atoms with Crippen LogP contribution in [0.15, 0.2) is 24.2 Å². The third-order valence-electron chi connectivity index (χ3n) is 0.381. The van der Waals surface area contributed by atoms with E-state index in [1.165, 1.54) is 0 Å². The first-order chi connectivity index (χ1) is 2.77. The average molecular weight is 77.9 g/mol. The van der Waals surface area contributed by atoms with Gasteiger partial charge in [0.15, 0.2) is 0 Å². The maximum absolute atomic E-state index is 5.19. The minimum atomic E-state index is 0.796. The summed E-state index contributed by atoms with van der Waals surface area (Å²) in [7, 11) is 5.19. The molecule has 0 heterocycles. The molecule has 0 nitrogen and oxygen atoms in total. The van der Waals surface area contributed by atoms with Crippen LogP contribution in [0.2, 0.25) is 0 Å². The Kier molecular flexibility index (Phi) is 2.56. The third-order valence-corrected chi connectivity index (χ3v) is 0.381. The first kappa shape index (κ1) is 5.54. The Morgan fingerprint density at radius 3 is 2.33 bits per heavy atom. The van der Waals surface area contributed by atoms with Gasteiger partial charge in [-0.25, -0.2) is 0 Å². The summed E-state index contributed by atoms with van der Waals surface area (Å²) in [6.07, 6.45) is 3.41. The third kappa shape index (κ3) is 3.54. The van der Waals surface area contributed by atoms with Crippen LogP contribution in [-0.4, -0.2) is 7.85 Å². The van der Waals surface area contributed by atoms with Crippen molar-refractivity contribution in [2.45, 2.75) is 6.92 Å². The zero-order chi connectivity index (χ0) is 4.99. The monoisotopic (exact) mass is 78.1 g/mol. The summed E-state index contributed by atoms with van der Waals surface area (Å²) in [6.45, 7) is 5.27. The van der Waals surface area contributed by atoms with Crippen molar-refractivity contribution in [3.05, 3.63) is 24.2 Å². The second-order valence-corrected chi connectivity index (χ2v) is 1.15. The van der Waals surface area contributed by atoms with E-state index in [4.69, 9.17) is 7.85 Å². The van der Waals surface area contributed by atoms with Gasteiger partial charge in [0.05, 0.1) is 0 Å². The molecule has 0 aliphatic heterocycles. The fourth-order valence-electron chi connectivity index (χ4n) is 0.186. The molecule has 0 unspecified atom stereocenters. The van der Waals surface area contributed by atoms with Gasteiger partial charge in [0, 0.05) is 0 Å². The van der Waals surface area contributed by atoms with Crippen LogP contribution in [0.3, 0.4) is 0 Å². The molecule has 0 N–H and O–H groups in total. The van der Waals surface area contributed by atoms with Crippen molar-refractivity contribution < 1.29 is 0 Å². The van der Waals surface area contributed by atoms with E-state index in [2.05, 4.69) is 6.58 Å². The maximum Gasteiger partial charge on any atom is 0.107 e. The van der Waals surface area contributed by atoms with Crippen LogP contribution in [0, 0.1) is 0 Å². The molecule has 2 radical (unpaired) electrons. The summed E-state index contributed by atoms with van der Waals surface area (Å²) in [5.74, 6) is 0. The quantitative estimate of drug-likeness (QED) is 0.327. The molecule has 0 saturated heterocycles. The molecule has 0 aromatic carbocycles. The molecule has 0 rings (SSSR count). The van der Waals surface area contributed by atoms with E-state index in [-0.39, 0.29) is 0 Å². The van der Waals surface area contributed by atoms with Gasteiger partial charge in [-0.3, -0.25) is 0 Å². The van der Waals surface area contributed by atoms with Crippen molar-refractivity contribution >= 4 is 7.85 Å². The lowest BCUT2D eigenvalue weighted by Crippen LogP contribution is -1.64. The largest absolute Gasteiger partial charge is 0.121 e. The smallest absolute Gasteiger partial charge is 0.107 e. The number of hydrogen-bond acceptors (Lipinski definition) is 0. The van der Waals surface area contributed by atoms with Crippen molar-refractivity contribution in [1.29, 1.82) is 0 Å². The Balaban J connectivity index is 3.41. The maximum atomic E-state index is 5.19. The summed E-state index contributed by atoms with van der Waals surface area (Å²) in [4.78, 5) is 0. The lowest BCUT2D eigenvalue weighted by Gasteiger charge is -1.76. The van der Waals surface area contributed by atoms with Gasteiger partial charge in [-0.05, 0) is 0 Å². The standard InChI is InChI=1S/C5H7B/c1-3-4-5(2)6/h3-4H,1H2,2H3/b5-4+. The molecule has 0 aromatic heterocycles. The van der Waals surface area contributed by atoms with Crippen molar-refractivity contribution in [2.24, 2.45) is 0 Å². The second-order valence-electron chi connectivity index (χ2n) is 1.15. The molecule has 0 spiro atoms. The Morgan fingerprint density at radius 2 is 2.33 bits per heavy atom. The number of rotatable bonds is 1. The fourth-order valence-corrected chi connectivity index (χ4v) is 0.186. The highest BCUT2D eigenvalue weighted by Crippen LogP contribution is 1.79. The highest BCUT2D eigenvalue weighted by molar-refractivity contribution is 6.21. The lowest BCUT2D eigenvalue weighted by molar-refractivity contribution is 1.67. The number of allylic oxidation sites excluding steroid dienone is 3. The Morgan fingerprint density at radius 1 is 1.83 bits per heavy atom. The van der Waals surface area contributed by atoms with E-state index in [0.29, 0.717) is 0 Å². The van der Waals surface area contributed by atoms with Crippen LogP contribution in [0.5, 0.6) is 0 Å². The summed E-state index contributed by atoms with van der Waals surface area (Å²) in [6, 6.07) is 0. The first-order valence-corrected chi connectivity index (χ1v) is 1.82.